The summed E-state index contributed by atoms with van der Waals surface area (Å²) in [4.78, 5) is 15.3. The molecular weight excluding hydrogens is 282 g/mol. The number of aromatic hydroxyl groups is 1. The van der Waals surface area contributed by atoms with Gasteiger partial charge in [-0.1, -0.05) is 12.1 Å². The maximum atomic E-state index is 12.5. The van der Waals surface area contributed by atoms with Crippen LogP contribution in [0.1, 0.15) is 39.6 Å². The predicted octanol–water partition coefficient (Wildman–Crippen LogP) is 3.78. The molecule has 2 heterocycles. The Morgan fingerprint density at radius 2 is 1.86 bits per heavy atom. The third-order valence-electron chi connectivity index (χ3n) is 4.20. The fourth-order valence-electron chi connectivity index (χ4n) is 2.90. The van der Waals surface area contributed by atoms with Crippen LogP contribution in [0.25, 0.3) is 0 Å². The first-order valence-electron chi connectivity index (χ1n) is 7.27. The predicted molar refractivity (Wildman–Crippen MR) is 85.0 cm³/mol. The van der Waals surface area contributed by atoms with Crippen molar-refractivity contribution in [2.75, 3.05) is 13.1 Å². The number of likely N-dealkylation sites (tertiary alicyclic amines) is 1. The summed E-state index contributed by atoms with van der Waals surface area (Å²) in [6.45, 7) is 3.61. The smallest absolute Gasteiger partial charge is 0.264 e. The number of benzene rings is 1. The number of amides is 1. The van der Waals surface area contributed by atoms with E-state index in [4.69, 9.17) is 0 Å². The Hall–Kier alpha value is -1.81. The number of phenolic OH excluding ortho intramolecular Hbond substituents is 1. The third-order valence-corrected chi connectivity index (χ3v) is 5.21. The Kier molecular flexibility index (Phi) is 3.97. The van der Waals surface area contributed by atoms with E-state index in [0.29, 0.717) is 11.7 Å². The molecular formula is C17H19NO2S. The van der Waals surface area contributed by atoms with Crippen LogP contribution < -0.4 is 0 Å². The minimum atomic E-state index is 0.173. The van der Waals surface area contributed by atoms with E-state index in [1.165, 1.54) is 16.9 Å². The van der Waals surface area contributed by atoms with Crippen molar-refractivity contribution in [2.45, 2.75) is 25.7 Å². The van der Waals surface area contributed by atoms with Gasteiger partial charge in [0.05, 0.1) is 4.88 Å². The second kappa shape index (κ2) is 5.90. The van der Waals surface area contributed by atoms with Crippen LogP contribution in [-0.2, 0) is 0 Å². The molecule has 1 fully saturated rings. The van der Waals surface area contributed by atoms with Crippen molar-refractivity contribution in [3.05, 3.63) is 51.7 Å². The number of piperidine rings is 1. The van der Waals surface area contributed by atoms with Crippen LogP contribution in [0, 0.1) is 6.92 Å². The molecule has 0 bridgehead atoms. The summed E-state index contributed by atoms with van der Waals surface area (Å²) < 4.78 is 0. The molecule has 1 N–H and O–H groups in total. The van der Waals surface area contributed by atoms with Gasteiger partial charge in [0, 0.05) is 13.1 Å². The van der Waals surface area contributed by atoms with Gasteiger partial charge in [0.1, 0.15) is 5.75 Å². The molecule has 0 unspecified atom stereocenters. The van der Waals surface area contributed by atoms with Crippen LogP contribution in [0.4, 0.5) is 0 Å². The minimum Gasteiger partial charge on any atom is -0.508 e. The molecule has 2 aromatic rings. The van der Waals surface area contributed by atoms with E-state index < -0.39 is 0 Å². The van der Waals surface area contributed by atoms with Crippen molar-refractivity contribution in [2.24, 2.45) is 0 Å². The number of carbonyl (C=O) groups is 1. The standard InChI is InChI=1S/C17H19NO2S/c1-12-8-11-21-16(12)17(20)18-9-6-14(7-10-18)13-2-4-15(19)5-3-13/h2-5,8,11,14,19H,6-7,9-10H2,1H3. The molecule has 0 spiro atoms. The quantitative estimate of drug-likeness (QED) is 0.917. The fourth-order valence-corrected chi connectivity index (χ4v) is 3.79. The molecule has 1 aromatic heterocycles. The lowest BCUT2D eigenvalue weighted by molar-refractivity contribution is 0.0717. The lowest BCUT2D eigenvalue weighted by atomic mass is 9.89. The highest BCUT2D eigenvalue weighted by molar-refractivity contribution is 7.12. The first-order chi connectivity index (χ1) is 10.1. The van der Waals surface area contributed by atoms with Gasteiger partial charge in [-0.3, -0.25) is 4.79 Å². The number of aryl methyl sites for hydroxylation is 1. The van der Waals surface area contributed by atoms with Crippen LogP contribution in [0.2, 0.25) is 0 Å². The second-order valence-electron chi connectivity index (χ2n) is 5.59. The molecule has 3 rings (SSSR count). The van der Waals surface area contributed by atoms with Crippen LogP contribution in [0.5, 0.6) is 5.75 Å². The monoisotopic (exact) mass is 301 g/mol. The van der Waals surface area contributed by atoms with Gasteiger partial charge in [0.25, 0.3) is 5.91 Å². The molecule has 1 aliphatic heterocycles. The van der Waals surface area contributed by atoms with Gasteiger partial charge in [-0.15, -0.1) is 11.3 Å². The zero-order valence-corrected chi connectivity index (χ0v) is 12.9. The van der Waals surface area contributed by atoms with Crippen molar-refractivity contribution < 1.29 is 9.90 Å². The maximum Gasteiger partial charge on any atom is 0.264 e. The number of carbonyl (C=O) groups excluding carboxylic acids is 1. The number of thiophene rings is 1. The molecule has 4 heteroatoms. The van der Waals surface area contributed by atoms with E-state index in [9.17, 15) is 9.90 Å². The van der Waals surface area contributed by atoms with Gasteiger partial charge in [0.2, 0.25) is 0 Å². The van der Waals surface area contributed by atoms with Crippen LogP contribution in [0.3, 0.4) is 0 Å². The molecule has 3 nitrogen and oxygen atoms in total. The lowest BCUT2D eigenvalue weighted by Gasteiger charge is -2.32. The normalized spacial score (nSPS) is 16.1. The largest absolute Gasteiger partial charge is 0.508 e. The van der Waals surface area contributed by atoms with Crippen LogP contribution in [0.15, 0.2) is 35.7 Å². The highest BCUT2D eigenvalue weighted by Gasteiger charge is 2.25. The molecule has 1 amide bonds. The van der Waals surface area contributed by atoms with E-state index in [-0.39, 0.29) is 5.91 Å². The third kappa shape index (κ3) is 2.95. The van der Waals surface area contributed by atoms with Crippen molar-refractivity contribution in [1.29, 1.82) is 0 Å². The minimum absolute atomic E-state index is 0.173. The summed E-state index contributed by atoms with van der Waals surface area (Å²) in [6.07, 6.45) is 1.97. The molecule has 0 aliphatic carbocycles. The Labute approximate surface area is 128 Å². The zero-order chi connectivity index (χ0) is 14.8. The van der Waals surface area contributed by atoms with Gasteiger partial charge in [-0.2, -0.15) is 0 Å². The van der Waals surface area contributed by atoms with E-state index in [1.54, 1.807) is 12.1 Å². The molecule has 1 saturated heterocycles. The second-order valence-corrected chi connectivity index (χ2v) is 6.51. The molecule has 110 valence electrons. The van der Waals surface area contributed by atoms with Gasteiger partial charge in [-0.05, 0) is 60.4 Å². The lowest BCUT2D eigenvalue weighted by Crippen LogP contribution is -2.37. The van der Waals surface area contributed by atoms with Gasteiger partial charge >= 0.3 is 0 Å². The number of hydrogen-bond acceptors (Lipinski definition) is 3. The van der Waals surface area contributed by atoms with Crippen molar-refractivity contribution in [3.63, 3.8) is 0 Å². The highest BCUT2D eigenvalue weighted by Crippen LogP contribution is 2.30. The van der Waals surface area contributed by atoms with Crippen molar-refractivity contribution >= 4 is 17.2 Å². The molecule has 21 heavy (non-hydrogen) atoms. The summed E-state index contributed by atoms with van der Waals surface area (Å²) in [5.74, 6) is 0.963. The highest BCUT2D eigenvalue weighted by atomic mass is 32.1. The summed E-state index contributed by atoms with van der Waals surface area (Å²) in [7, 11) is 0. The van der Waals surface area contributed by atoms with Gasteiger partial charge < -0.3 is 10.0 Å². The zero-order valence-electron chi connectivity index (χ0n) is 12.1. The Bertz CT molecular complexity index is 624. The van der Waals surface area contributed by atoms with E-state index in [1.807, 2.05) is 35.4 Å². The molecule has 1 aliphatic rings. The maximum absolute atomic E-state index is 12.5. The van der Waals surface area contributed by atoms with Gasteiger partial charge in [-0.25, -0.2) is 0 Å². The number of nitrogens with zero attached hydrogens (tertiary/aromatic N) is 1. The summed E-state index contributed by atoms with van der Waals surface area (Å²) >= 11 is 1.53. The summed E-state index contributed by atoms with van der Waals surface area (Å²) in [6, 6.07) is 9.45. The SMILES string of the molecule is Cc1ccsc1C(=O)N1CCC(c2ccc(O)cc2)CC1. The molecule has 0 saturated carbocycles. The van der Waals surface area contributed by atoms with Crippen molar-refractivity contribution in [3.8, 4) is 5.75 Å². The average molecular weight is 301 g/mol. The Balaban J connectivity index is 1.64. The topological polar surface area (TPSA) is 40.5 Å². The Morgan fingerprint density at radius 1 is 1.19 bits per heavy atom. The molecule has 0 radical (unpaired) electrons. The summed E-state index contributed by atoms with van der Waals surface area (Å²) in [5.41, 5.74) is 2.33. The van der Waals surface area contributed by atoms with Gasteiger partial charge in [0.15, 0.2) is 0 Å². The molecule has 0 atom stereocenters. The van der Waals surface area contributed by atoms with Crippen LogP contribution >= 0.6 is 11.3 Å². The first-order valence-corrected chi connectivity index (χ1v) is 8.15. The molecule has 1 aromatic carbocycles. The first kappa shape index (κ1) is 14.1. The van der Waals surface area contributed by atoms with Crippen molar-refractivity contribution in [1.82, 2.24) is 4.90 Å². The number of phenols is 1. The number of rotatable bonds is 2. The van der Waals surface area contributed by atoms with E-state index in [0.717, 1.165) is 36.4 Å². The Morgan fingerprint density at radius 3 is 2.43 bits per heavy atom. The van der Waals surface area contributed by atoms with E-state index in [2.05, 4.69) is 0 Å². The fraction of sp³-hybridized carbons (Fsp3) is 0.353. The van der Waals surface area contributed by atoms with Crippen LogP contribution in [-0.4, -0.2) is 29.0 Å². The van der Waals surface area contributed by atoms with E-state index >= 15 is 0 Å². The number of hydrogen-bond donors (Lipinski definition) is 1. The summed E-state index contributed by atoms with van der Waals surface area (Å²) in [5, 5.41) is 11.3. The average Bonchev–Trinajstić information content (AvgIpc) is 2.94.